The van der Waals surface area contributed by atoms with Gasteiger partial charge in [0.05, 0.1) is 5.69 Å². The minimum absolute atomic E-state index is 0.563. The van der Waals surface area contributed by atoms with Crippen LogP contribution in [0.2, 0.25) is 0 Å². The zero-order chi connectivity index (χ0) is 16.4. The minimum atomic E-state index is 0.563. The molecule has 0 bridgehead atoms. The van der Waals surface area contributed by atoms with Crippen LogP contribution in [-0.4, -0.2) is 28.8 Å². The van der Waals surface area contributed by atoms with E-state index in [0.29, 0.717) is 5.96 Å². The zero-order valence-electron chi connectivity index (χ0n) is 14.8. The highest BCUT2D eigenvalue weighted by Gasteiger charge is 2.08. The van der Waals surface area contributed by atoms with Crippen LogP contribution in [0.3, 0.4) is 0 Å². The number of nitrogens with two attached hydrogens (primary N) is 1. The first-order chi connectivity index (χ1) is 10.6. The van der Waals surface area contributed by atoms with Crippen molar-refractivity contribution in [1.29, 1.82) is 0 Å². The summed E-state index contributed by atoms with van der Waals surface area (Å²) in [6.45, 7) is 8.03. The molecule has 5 nitrogen and oxygen atoms in total. The molecule has 0 saturated carbocycles. The molecule has 1 aromatic rings. The Morgan fingerprint density at radius 3 is 2.50 bits per heavy atom. The van der Waals surface area contributed by atoms with Crippen LogP contribution in [0, 0.1) is 13.8 Å². The number of hydrogen-bond donors (Lipinski definition) is 2. The van der Waals surface area contributed by atoms with Crippen LogP contribution < -0.4 is 11.1 Å². The summed E-state index contributed by atoms with van der Waals surface area (Å²) in [5.74, 6) is 0.563. The lowest BCUT2D eigenvalue weighted by molar-refractivity contribution is 0.611. The van der Waals surface area contributed by atoms with Gasteiger partial charge in [-0.3, -0.25) is 9.67 Å². The van der Waals surface area contributed by atoms with Crippen LogP contribution in [0.25, 0.3) is 0 Å². The van der Waals surface area contributed by atoms with Crippen LogP contribution >= 0.6 is 0 Å². The van der Waals surface area contributed by atoms with Crippen molar-refractivity contribution in [3.05, 3.63) is 17.0 Å². The number of aryl methyl sites for hydroxylation is 2. The maximum atomic E-state index is 5.90. The van der Waals surface area contributed by atoms with Crippen LogP contribution in [0.15, 0.2) is 4.99 Å². The highest BCUT2D eigenvalue weighted by Crippen LogP contribution is 2.11. The molecule has 0 aliphatic heterocycles. The van der Waals surface area contributed by atoms with Crippen LogP contribution in [-0.2, 0) is 13.5 Å². The Kier molecular flexibility index (Phi) is 8.63. The van der Waals surface area contributed by atoms with Gasteiger partial charge in [0.2, 0.25) is 0 Å². The molecule has 0 aliphatic rings. The summed E-state index contributed by atoms with van der Waals surface area (Å²) < 4.78 is 1.93. The fourth-order valence-corrected chi connectivity index (χ4v) is 2.64. The molecule has 1 rings (SSSR count). The highest BCUT2D eigenvalue weighted by molar-refractivity contribution is 5.77. The van der Waals surface area contributed by atoms with E-state index in [9.17, 15) is 0 Å². The predicted molar refractivity (Wildman–Crippen MR) is 94.3 cm³/mol. The van der Waals surface area contributed by atoms with Gasteiger partial charge < -0.3 is 11.1 Å². The molecule has 0 saturated heterocycles. The van der Waals surface area contributed by atoms with Crippen molar-refractivity contribution in [2.24, 2.45) is 17.8 Å². The summed E-state index contributed by atoms with van der Waals surface area (Å²) in [5.41, 5.74) is 9.53. The Morgan fingerprint density at radius 1 is 1.18 bits per heavy atom. The molecule has 1 heterocycles. The van der Waals surface area contributed by atoms with Crippen LogP contribution in [0.5, 0.6) is 0 Å². The van der Waals surface area contributed by atoms with Gasteiger partial charge in [-0.15, -0.1) is 0 Å². The second-order valence-electron chi connectivity index (χ2n) is 5.98. The molecule has 126 valence electrons. The van der Waals surface area contributed by atoms with Crippen molar-refractivity contribution in [3.8, 4) is 0 Å². The molecular formula is C17H33N5. The standard InChI is InChI=1S/C17H33N5/c1-5-6-7-8-9-10-12-19-17(18)20-13-11-16-14(2)21-22(4)15(16)3/h5-13H2,1-4H3,(H3,18,19,20). The first-order valence-corrected chi connectivity index (χ1v) is 8.59. The van der Waals surface area contributed by atoms with E-state index in [1.807, 2.05) is 11.7 Å². The topological polar surface area (TPSA) is 68.2 Å². The Hall–Kier alpha value is -1.52. The average Bonchev–Trinajstić information content (AvgIpc) is 2.72. The Morgan fingerprint density at radius 2 is 1.86 bits per heavy atom. The van der Waals surface area contributed by atoms with Gasteiger partial charge in [-0.25, -0.2) is 0 Å². The number of guanidine groups is 1. The van der Waals surface area contributed by atoms with Gasteiger partial charge >= 0.3 is 0 Å². The third-order valence-electron chi connectivity index (χ3n) is 4.13. The van der Waals surface area contributed by atoms with E-state index in [4.69, 9.17) is 5.73 Å². The van der Waals surface area contributed by atoms with Crippen LogP contribution in [0.4, 0.5) is 0 Å². The zero-order valence-corrected chi connectivity index (χ0v) is 14.8. The van der Waals surface area contributed by atoms with E-state index < -0.39 is 0 Å². The van der Waals surface area contributed by atoms with Gasteiger partial charge in [0, 0.05) is 25.8 Å². The number of rotatable bonds is 10. The van der Waals surface area contributed by atoms with E-state index in [-0.39, 0.29) is 0 Å². The van der Waals surface area contributed by atoms with Crippen molar-refractivity contribution < 1.29 is 0 Å². The Bertz CT molecular complexity index is 462. The van der Waals surface area contributed by atoms with E-state index in [1.54, 1.807) is 0 Å². The van der Waals surface area contributed by atoms with Crippen molar-refractivity contribution in [3.63, 3.8) is 0 Å². The third kappa shape index (κ3) is 6.50. The van der Waals surface area contributed by atoms with Crippen LogP contribution in [0.1, 0.15) is 62.4 Å². The quantitative estimate of drug-likeness (QED) is 0.397. The first-order valence-electron chi connectivity index (χ1n) is 8.59. The Balaban J connectivity index is 2.17. The number of hydrogen-bond acceptors (Lipinski definition) is 2. The molecule has 0 aromatic carbocycles. The largest absolute Gasteiger partial charge is 0.370 e. The number of unbranched alkanes of at least 4 members (excludes halogenated alkanes) is 5. The summed E-state index contributed by atoms with van der Waals surface area (Å²) in [5, 5.41) is 7.62. The molecule has 0 radical (unpaired) electrons. The summed E-state index contributed by atoms with van der Waals surface area (Å²) in [6.07, 6.45) is 8.62. The number of nitrogens with one attached hydrogen (secondary N) is 1. The lowest BCUT2D eigenvalue weighted by atomic mass is 10.1. The summed E-state index contributed by atoms with van der Waals surface area (Å²) in [6, 6.07) is 0. The lowest BCUT2D eigenvalue weighted by Crippen LogP contribution is -2.33. The van der Waals surface area contributed by atoms with E-state index >= 15 is 0 Å². The maximum Gasteiger partial charge on any atom is 0.188 e. The van der Waals surface area contributed by atoms with Crippen molar-refractivity contribution in [2.45, 2.75) is 65.7 Å². The third-order valence-corrected chi connectivity index (χ3v) is 4.13. The van der Waals surface area contributed by atoms with Gasteiger partial charge in [0.25, 0.3) is 0 Å². The second kappa shape index (κ2) is 10.2. The fourth-order valence-electron chi connectivity index (χ4n) is 2.64. The van der Waals surface area contributed by atoms with E-state index in [1.165, 1.54) is 43.4 Å². The molecule has 22 heavy (non-hydrogen) atoms. The second-order valence-corrected chi connectivity index (χ2v) is 5.98. The van der Waals surface area contributed by atoms with Gasteiger partial charge in [0.1, 0.15) is 0 Å². The smallest absolute Gasteiger partial charge is 0.188 e. The highest BCUT2D eigenvalue weighted by atomic mass is 15.3. The summed E-state index contributed by atoms with van der Waals surface area (Å²) >= 11 is 0. The molecule has 0 amide bonds. The monoisotopic (exact) mass is 307 g/mol. The molecule has 0 atom stereocenters. The minimum Gasteiger partial charge on any atom is -0.370 e. The molecule has 0 fully saturated rings. The maximum absolute atomic E-state index is 5.90. The molecule has 0 aliphatic carbocycles. The Labute approximate surface area is 135 Å². The molecular weight excluding hydrogens is 274 g/mol. The molecule has 1 aromatic heterocycles. The summed E-state index contributed by atoms with van der Waals surface area (Å²) in [7, 11) is 1.98. The predicted octanol–water partition coefficient (Wildman–Crippen LogP) is 2.84. The summed E-state index contributed by atoms with van der Waals surface area (Å²) in [4.78, 5) is 4.39. The van der Waals surface area contributed by atoms with Gasteiger partial charge in [-0.05, 0) is 32.3 Å². The first kappa shape index (κ1) is 18.5. The van der Waals surface area contributed by atoms with Gasteiger partial charge in [0.15, 0.2) is 5.96 Å². The van der Waals surface area contributed by atoms with E-state index in [0.717, 1.165) is 31.6 Å². The number of aliphatic imine (C=N–C) groups is 1. The normalized spacial score (nSPS) is 11.9. The average molecular weight is 307 g/mol. The number of aromatic nitrogens is 2. The SMILES string of the molecule is CCCCCCCCN=C(N)NCCc1c(C)nn(C)c1C. The molecule has 5 heteroatoms. The van der Waals surface area contributed by atoms with Crippen molar-refractivity contribution in [1.82, 2.24) is 15.1 Å². The lowest BCUT2D eigenvalue weighted by Gasteiger charge is -2.06. The van der Waals surface area contributed by atoms with E-state index in [2.05, 4.69) is 36.2 Å². The molecule has 3 N–H and O–H groups in total. The fraction of sp³-hybridized carbons (Fsp3) is 0.765. The van der Waals surface area contributed by atoms with Gasteiger partial charge in [-0.2, -0.15) is 5.10 Å². The van der Waals surface area contributed by atoms with Crippen molar-refractivity contribution >= 4 is 5.96 Å². The van der Waals surface area contributed by atoms with Crippen molar-refractivity contribution in [2.75, 3.05) is 13.1 Å². The molecule has 0 spiro atoms. The number of nitrogens with zero attached hydrogens (tertiary/aromatic N) is 3. The van der Waals surface area contributed by atoms with Gasteiger partial charge in [-0.1, -0.05) is 39.0 Å². The molecule has 0 unspecified atom stereocenters.